The average Bonchev–Trinajstić information content (AvgIpc) is 2.76. The van der Waals surface area contributed by atoms with Crippen molar-refractivity contribution in [3.05, 3.63) is 50.9 Å². The number of anilines is 1. The zero-order valence-corrected chi connectivity index (χ0v) is 14.3. The first-order valence-electron chi connectivity index (χ1n) is 6.33. The van der Waals surface area contributed by atoms with Crippen LogP contribution in [0.1, 0.15) is 11.6 Å². The van der Waals surface area contributed by atoms with Gasteiger partial charge < -0.3 is 15.4 Å². The monoisotopic (exact) mass is 410 g/mol. The molecule has 21 heavy (non-hydrogen) atoms. The minimum absolute atomic E-state index is 0.0468. The summed E-state index contributed by atoms with van der Waals surface area (Å²) in [4.78, 5) is 11.8. The maximum atomic E-state index is 11.8. The maximum absolute atomic E-state index is 11.8. The molecule has 0 fully saturated rings. The largest absolute Gasteiger partial charge is 0.456 e. The number of likely N-dealkylation sites (N-methyl/N-ethyl adjacent to an activating group) is 1. The van der Waals surface area contributed by atoms with Crippen molar-refractivity contribution in [1.82, 2.24) is 5.32 Å². The van der Waals surface area contributed by atoms with E-state index in [1.165, 1.54) is 0 Å². The summed E-state index contributed by atoms with van der Waals surface area (Å²) >= 11 is 6.87. The van der Waals surface area contributed by atoms with Crippen molar-refractivity contribution < 1.29 is 9.53 Å². The van der Waals surface area contributed by atoms with Crippen LogP contribution in [0.15, 0.2) is 45.3 Å². The zero-order chi connectivity index (χ0) is 15.0. The lowest BCUT2D eigenvalue weighted by Crippen LogP contribution is -2.23. The lowest BCUT2D eigenvalue weighted by molar-refractivity contribution is -0.117. The zero-order valence-electron chi connectivity index (χ0n) is 11.1. The van der Waals surface area contributed by atoms with Crippen LogP contribution in [0.3, 0.4) is 0 Å². The highest BCUT2D eigenvalue weighted by atomic mass is 79.9. The molecule has 1 heterocycles. The summed E-state index contributed by atoms with van der Waals surface area (Å²) in [5.74, 6) is 1.34. The van der Waals surface area contributed by atoms with E-state index in [1.54, 1.807) is 7.05 Å². The van der Waals surface area contributed by atoms with Crippen LogP contribution in [-0.2, 0) is 4.79 Å². The maximum Gasteiger partial charge on any atom is 0.246 e. The SMILES string of the molecule is CNC1C(=O)Nc2cc(Oc3ccc(Br)cc3Br)ccc21. The molecule has 0 radical (unpaired) electrons. The Morgan fingerprint density at radius 2 is 2.00 bits per heavy atom. The molecule has 1 unspecified atom stereocenters. The predicted molar refractivity (Wildman–Crippen MR) is 88.8 cm³/mol. The van der Waals surface area contributed by atoms with Gasteiger partial charge in [0.1, 0.15) is 17.5 Å². The number of carbonyl (C=O) groups excluding carboxylic acids is 1. The van der Waals surface area contributed by atoms with Crippen LogP contribution < -0.4 is 15.4 Å². The van der Waals surface area contributed by atoms with E-state index in [9.17, 15) is 4.79 Å². The average molecular weight is 412 g/mol. The number of halogens is 2. The summed E-state index contributed by atoms with van der Waals surface area (Å²) in [5, 5.41) is 5.84. The Bertz CT molecular complexity index is 719. The molecule has 2 aromatic rings. The van der Waals surface area contributed by atoms with Gasteiger partial charge in [-0.15, -0.1) is 0 Å². The second kappa shape index (κ2) is 5.79. The number of hydrogen-bond donors (Lipinski definition) is 2. The molecule has 2 N–H and O–H groups in total. The Kier molecular flexibility index (Phi) is 4.01. The van der Waals surface area contributed by atoms with Crippen molar-refractivity contribution >= 4 is 43.5 Å². The van der Waals surface area contributed by atoms with Crippen LogP contribution in [0.5, 0.6) is 11.5 Å². The molecule has 1 amide bonds. The Morgan fingerprint density at radius 1 is 1.19 bits per heavy atom. The van der Waals surface area contributed by atoms with Crippen LogP contribution in [0, 0.1) is 0 Å². The quantitative estimate of drug-likeness (QED) is 0.794. The molecule has 3 rings (SSSR count). The lowest BCUT2D eigenvalue weighted by Gasteiger charge is -2.10. The number of nitrogens with one attached hydrogen (secondary N) is 2. The Balaban J connectivity index is 1.89. The molecular weight excluding hydrogens is 400 g/mol. The van der Waals surface area contributed by atoms with E-state index in [-0.39, 0.29) is 11.9 Å². The molecular formula is C15H12Br2N2O2. The number of amides is 1. The van der Waals surface area contributed by atoms with Crippen molar-refractivity contribution in [2.24, 2.45) is 0 Å². The topological polar surface area (TPSA) is 50.4 Å². The first-order valence-corrected chi connectivity index (χ1v) is 7.92. The normalized spacial score (nSPS) is 16.5. The number of fused-ring (bicyclic) bond motifs is 1. The second-order valence-electron chi connectivity index (χ2n) is 4.64. The number of carbonyl (C=O) groups is 1. The van der Waals surface area contributed by atoms with Gasteiger partial charge in [0.2, 0.25) is 5.91 Å². The number of benzene rings is 2. The third-order valence-corrected chi connectivity index (χ3v) is 4.38. The first kappa shape index (κ1) is 14.6. The van der Waals surface area contributed by atoms with Gasteiger partial charge in [-0.05, 0) is 47.2 Å². The molecule has 0 saturated carbocycles. The number of ether oxygens (including phenoxy) is 1. The van der Waals surface area contributed by atoms with Gasteiger partial charge >= 0.3 is 0 Å². The second-order valence-corrected chi connectivity index (χ2v) is 6.41. The van der Waals surface area contributed by atoms with Gasteiger partial charge in [0.05, 0.1) is 4.47 Å². The van der Waals surface area contributed by atoms with Crippen LogP contribution in [0.25, 0.3) is 0 Å². The van der Waals surface area contributed by atoms with E-state index >= 15 is 0 Å². The third-order valence-electron chi connectivity index (χ3n) is 3.27. The van der Waals surface area contributed by atoms with Gasteiger partial charge in [0.25, 0.3) is 0 Å². The van der Waals surface area contributed by atoms with Crippen LogP contribution in [-0.4, -0.2) is 13.0 Å². The molecule has 4 nitrogen and oxygen atoms in total. The Morgan fingerprint density at radius 3 is 2.71 bits per heavy atom. The van der Waals surface area contributed by atoms with Gasteiger partial charge in [-0.1, -0.05) is 22.0 Å². The minimum Gasteiger partial charge on any atom is -0.456 e. The van der Waals surface area contributed by atoms with E-state index in [0.717, 1.165) is 20.2 Å². The summed E-state index contributed by atoms with van der Waals surface area (Å²) < 4.78 is 7.68. The predicted octanol–water partition coefficient (Wildman–Crippen LogP) is 4.22. The molecule has 0 saturated heterocycles. The molecule has 108 valence electrons. The van der Waals surface area contributed by atoms with Crippen LogP contribution in [0.2, 0.25) is 0 Å². The number of hydrogen-bond acceptors (Lipinski definition) is 3. The lowest BCUT2D eigenvalue weighted by atomic mass is 10.1. The summed E-state index contributed by atoms with van der Waals surface area (Å²) in [6, 6.07) is 11.0. The van der Waals surface area contributed by atoms with Crippen LogP contribution >= 0.6 is 31.9 Å². The van der Waals surface area contributed by atoms with Gasteiger partial charge in [0.15, 0.2) is 0 Å². The summed E-state index contributed by atoms with van der Waals surface area (Å²) in [6.07, 6.45) is 0. The van der Waals surface area contributed by atoms with E-state index in [1.807, 2.05) is 36.4 Å². The fraction of sp³-hybridized carbons (Fsp3) is 0.133. The summed E-state index contributed by atoms with van der Waals surface area (Å²) in [7, 11) is 1.77. The smallest absolute Gasteiger partial charge is 0.246 e. The molecule has 0 aliphatic carbocycles. The Hall–Kier alpha value is -1.37. The van der Waals surface area contributed by atoms with Crippen molar-refractivity contribution in [3.8, 4) is 11.5 Å². The van der Waals surface area contributed by atoms with E-state index in [2.05, 4.69) is 42.5 Å². The number of rotatable bonds is 3. The van der Waals surface area contributed by atoms with E-state index in [0.29, 0.717) is 11.5 Å². The standard InChI is InChI=1S/C15H12Br2N2O2/c1-18-14-10-4-3-9(7-12(10)19-15(14)20)21-13-5-2-8(16)6-11(13)17/h2-7,14,18H,1H3,(H,19,20). The van der Waals surface area contributed by atoms with E-state index in [4.69, 9.17) is 4.74 Å². The highest BCUT2D eigenvalue weighted by Gasteiger charge is 2.29. The van der Waals surface area contributed by atoms with Gasteiger partial charge in [-0.25, -0.2) is 0 Å². The van der Waals surface area contributed by atoms with Gasteiger partial charge in [-0.2, -0.15) is 0 Å². The highest BCUT2D eigenvalue weighted by Crippen LogP contribution is 2.37. The van der Waals surface area contributed by atoms with E-state index < -0.39 is 0 Å². The van der Waals surface area contributed by atoms with Gasteiger partial charge in [-0.3, -0.25) is 4.79 Å². The fourth-order valence-electron chi connectivity index (χ4n) is 2.28. The summed E-state index contributed by atoms with van der Waals surface area (Å²) in [5.41, 5.74) is 1.72. The highest BCUT2D eigenvalue weighted by molar-refractivity contribution is 9.11. The first-order chi connectivity index (χ1) is 10.1. The van der Waals surface area contributed by atoms with Crippen LogP contribution in [0.4, 0.5) is 5.69 Å². The Labute approximate surface area is 139 Å². The molecule has 1 aliphatic heterocycles. The summed E-state index contributed by atoms with van der Waals surface area (Å²) in [6.45, 7) is 0. The molecule has 2 aromatic carbocycles. The van der Waals surface area contributed by atoms with Crippen molar-refractivity contribution in [2.75, 3.05) is 12.4 Å². The molecule has 6 heteroatoms. The molecule has 1 atom stereocenters. The third kappa shape index (κ3) is 2.84. The molecule has 1 aliphatic rings. The molecule has 0 spiro atoms. The van der Waals surface area contributed by atoms with Crippen molar-refractivity contribution in [1.29, 1.82) is 0 Å². The molecule has 0 bridgehead atoms. The van der Waals surface area contributed by atoms with Gasteiger partial charge in [0, 0.05) is 21.8 Å². The minimum atomic E-state index is -0.298. The van der Waals surface area contributed by atoms with Crippen molar-refractivity contribution in [2.45, 2.75) is 6.04 Å². The molecule has 0 aromatic heterocycles. The van der Waals surface area contributed by atoms with Crippen molar-refractivity contribution in [3.63, 3.8) is 0 Å². The fourth-order valence-corrected chi connectivity index (χ4v) is 3.40.